The van der Waals surface area contributed by atoms with Crippen molar-refractivity contribution in [3.8, 4) is 0 Å². The summed E-state index contributed by atoms with van der Waals surface area (Å²) in [6, 6.07) is 18.7. The number of nitrogens with zero attached hydrogens (tertiary/aromatic N) is 6. The number of hydrogen-bond donors (Lipinski definition) is 0. The number of carbonyl (C=O) groups excluding carboxylic acids is 2. The normalized spacial score (nSPS) is 11.8. The van der Waals surface area contributed by atoms with Crippen molar-refractivity contribution in [1.82, 2.24) is 29.5 Å². The van der Waals surface area contributed by atoms with Crippen LogP contribution in [0.3, 0.4) is 0 Å². The zero-order valence-electron chi connectivity index (χ0n) is 22.8. The molecule has 10 heteroatoms. The van der Waals surface area contributed by atoms with Crippen LogP contribution in [0.25, 0.3) is 0 Å². The van der Waals surface area contributed by atoms with E-state index in [2.05, 4.69) is 20.2 Å². The molecule has 0 saturated heterocycles. The lowest BCUT2D eigenvalue weighted by Gasteiger charge is -2.17. The van der Waals surface area contributed by atoms with Gasteiger partial charge in [0.1, 0.15) is 24.7 Å². The molecule has 0 spiro atoms. The van der Waals surface area contributed by atoms with Crippen LogP contribution in [0.15, 0.2) is 83.6 Å². The molecule has 2 heterocycles. The molecule has 202 valence electrons. The lowest BCUT2D eigenvalue weighted by atomic mass is 10.0. The van der Waals surface area contributed by atoms with E-state index in [1.54, 1.807) is 23.2 Å². The molecule has 8 nitrogen and oxygen atoms in total. The maximum absolute atomic E-state index is 12.5. The Morgan fingerprint density at radius 1 is 0.658 bits per heavy atom. The summed E-state index contributed by atoms with van der Waals surface area (Å²) in [4.78, 5) is 33.6. The van der Waals surface area contributed by atoms with Gasteiger partial charge in [-0.15, -0.1) is 0 Å². The van der Waals surface area contributed by atoms with Crippen LogP contribution in [0.4, 0.5) is 0 Å². The van der Waals surface area contributed by atoms with Gasteiger partial charge in [-0.25, -0.2) is 19.3 Å². The average molecular weight is 553 g/mol. The van der Waals surface area contributed by atoms with Crippen molar-refractivity contribution in [1.29, 1.82) is 0 Å². The van der Waals surface area contributed by atoms with E-state index in [-0.39, 0.29) is 11.6 Å². The molecule has 38 heavy (non-hydrogen) atoms. The van der Waals surface area contributed by atoms with E-state index in [9.17, 15) is 9.59 Å². The third-order valence-electron chi connectivity index (χ3n) is 5.34. The van der Waals surface area contributed by atoms with E-state index >= 15 is 0 Å². The molecular weight excluding hydrogens is 516 g/mol. The van der Waals surface area contributed by atoms with Gasteiger partial charge in [-0.1, -0.05) is 88.4 Å². The van der Waals surface area contributed by atoms with Crippen molar-refractivity contribution < 1.29 is 9.59 Å². The first-order chi connectivity index (χ1) is 18.5. The molecule has 4 aromatic rings. The first kappa shape index (κ1) is 31.0. The van der Waals surface area contributed by atoms with E-state index in [4.69, 9.17) is 0 Å². The molecule has 0 aliphatic carbocycles. The Bertz CT molecular complexity index is 1150. The van der Waals surface area contributed by atoms with Gasteiger partial charge in [-0.2, -0.15) is 10.2 Å². The molecule has 0 saturated carbocycles. The fourth-order valence-electron chi connectivity index (χ4n) is 3.58. The molecule has 0 fully saturated rings. The second kappa shape index (κ2) is 16.6. The highest BCUT2D eigenvalue weighted by atomic mass is 33.1. The fraction of sp³-hybridized carbons (Fsp3) is 0.357. The van der Waals surface area contributed by atoms with Crippen molar-refractivity contribution in [2.75, 3.05) is 0 Å². The largest absolute Gasteiger partial charge is 0.298 e. The summed E-state index contributed by atoms with van der Waals surface area (Å²) in [5, 5.41) is 9.82. The van der Waals surface area contributed by atoms with Crippen molar-refractivity contribution in [2.24, 2.45) is 0 Å². The topological polar surface area (TPSA) is 95.6 Å². The van der Waals surface area contributed by atoms with Crippen LogP contribution in [-0.4, -0.2) is 41.1 Å². The first-order valence-corrected chi connectivity index (χ1v) is 14.9. The average Bonchev–Trinajstić information content (AvgIpc) is 3.61. The van der Waals surface area contributed by atoms with E-state index in [1.807, 2.05) is 88.4 Å². The molecule has 0 bridgehead atoms. The lowest BCUT2D eigenvalue weighted by molar-refractivity contribution is -0.121. The Hall–Kier alpha value is -3.24. The molecule has 2 aromatic heterocycles. The van der Waals surface area contributed by atoms with Crippen LogP contribution >= 0.6 is 21.6 Å². The molecule has 0 N–H and O–H groups in total. The van der Waals surface area contributed by atoms with Gasteiger partial charge in [0, 0.05) is 12.8 Å². The number of Topliss-reactive ketones (excluding diaryl/α,β-unsaturated/α-hetero) is 2. The highest BCUT2D eigenvalue weighted by Crippen LogP contribution is 2.37. The summed E-state index contributed by atoms with van der Waals surface area (Å²) in [6.45, 7) is 11.1. The van der Waals surface area contributed by atoms with Crippen LogP contribution in [-0.2, 0) is 22.4 Å². The Morgan fingerprint density at radius 3 is 1.32 bits per heavy atom. The van der Waals surface area contributed by atoms with E-state index < -0.39 is 12.1 Å². The number of hydrogen-bond acceptors (Lipinski definition) is 8. The Balaban J connectivity index is 0.00000121. The van der Waals surface area contributed by atoms with Gasteiger partial charge >= 0.3 is 0 Å². The Kier molecular flexibility index (Phi) is 13.5. The van der Waals surface area contributed by atoms with Crippen molar-refractivity contribution in [3.63, 3.8) is 0 Å². The Morgan fingerprint density at radius 2 is 1.00 bits per heavy atom. The molecule has 2 atom stereocenters. The van der Waals surface area contributed by atoms with Crippen molar-refractivity contribution >= 4 is 33.2 Å². The second-order valence-corrected chi connectivity index (χ2v) is 9.84. The van der Waals surface area contributed by atoms with Crippen LogP contribution in [0.1, 0.15) is 64.8 Å². The van der Waals surface area contributed by atoms with Crippen LogP contribution < -0.4 is 0 Å². The summed E-state index contributed by atoms with van der Waals surface area (Å²) in [5.74, 6) is 0.00718. The highest BCUT2D eigenvalue weighted by molar-refractivity contribution is 8.76. The smallest absolute Gasteiger partial charge is 0.198 e. The SMILES string of the molecule is CC.CC.CC(=O)C(Cc1ccccc1)n1ncnc1SSc1ncnn1C(Cc1ccccc1)C(C)=O. The third-order valence-corrected chi connectivity index (χ3v) is 7.45. The predicted octanol–water partition coefficient (Wildman–Crippen LogP) is 6.47. The quantitative estimate of drug-likeness (QED) is 0.195. The van der Waals surface area contributed by atoms with Gasteiger partial charge in [0.15, 0.2) is 21.9 Å². The second-order valence-electron chi connectivity index (χ2n) is 7.77. The fourth-order valence-corrected chi connectivity index (χ4v) is 5.57. The molecule has 0 radical (unpaired) electrons. The number of rotatable bonds is 11. The minimum atomic E-state index is -0.464. The third kappa shape index (κ3) is 8.66. The number of benzene rings is 2. The minimum Gasteiger partial charge on any atom is -0.298 e. The van der Waals surface area contributed by atoms with Gasteiger partial charge < -0.3 is 0 Å². The molecule has 2 aromatic carbocycles. The molecule has 4 rings (SSSR count). The summed E-state index contributed by atoms with van der Waals surface area (Å²) in [7, 11) is 2.67. The summed E-state index contributed by atoms with van der Waals surface area (Å²) in [5.41, 5.74) is 2.10. The van der Waals surface area contributed by atoms with Gasteiger partial charge in [0.25, 0.3) is 0 Å². The Labute approximate surface area is 233 Å². The summed E-state index contributed by atoms with van der Waals surface area (Å²) < 4.78 is 3.31. The molecule has 0 aliphatic rings. The van der Waals surface area contributed by atoms with Crippen LogP contribution in [0.5, 0.6) is 0 Å². The molecular formula is C28H36N6O2S2. The van der Waals surface area contributed by atoms with Crippen LogP contribution in [0.2, 0.25) is 0 Å². The standard InChI is InChI=1S/C24H24N6O2S2.2C2H6/c1-17(31)21(13-19-9-5-3-6-10-19)29-23(25-15-27-29)33-34-24-26-16-28-30(24)22(18(2)32)14-20-11-7-4-8-12-20;2*1-2/h3-12,15-16,21-22H,13-14H2,1-2H3;2*1-2H3. The van der Waals surface area contributed by atoms with Gasteiger partial charge in [0.2, 0.25) is 0 Å². The molecule has 0 aliphatic heterocycles. The van der Waals surface area contributed by atoms with Crippen LogP contribution in [0, 0.1) is 0 Å². The monoisotopic (exact) mass is 552 g/mol. The van der Waals surface area contributed by atoms with Crippen molar-refractivity contribution in [3.05, 3.63) is 84.4 Å². The summed E-state index contributed by atoms with van der Waals surface area (Å²) in [6.07, 6.45) is 3.94. The highest BCUT2D eigenvalue weighted by Gasteiger charge is 2.25. The van der Waals surface area contributed by atoms with Gasteiger partial charge in [-0.3, -0.25) is 9.59 Å². The summed E-state index contributed by atoms with van der Waals surface area (Å²) >= 11 is 0. The number of carbonyl (C=O) groups is 2. The maximum atomic E-state index is 12.5. The molecule has 2 unspecified atom stereocenters. The van der Waals surface area contributed by atoms with Gasteiger partial charge in [-0.05, 0) is 46.6 Å². The zero-order valence-corrected chi connectivity index (χ0v) is 24.4. The number of aromatic nitrogens is 6. The zero-order chi connectivity index (χ0) is 27.9. The van der Waals surface area contributed by atoms with E-state index in [0.29, 0.717) is 23.2 Å². The van der Waals surface area contributed by atoms with E-state index in [0.717, 1.165) is 11.1 Å². The van der Waals surface area contributed by atoms with Gasteiger partial charge in [0.05, 0.1) is 0 Å². The van der Waals surface area contributed by atoms with Crippen molar-refractivity contribution in [2.45, 2.75) is 76.8 Å². The minimum absolute atomic E-state index is 0.00359. The van der Waals surface area contributed by atoms with E-state index in [1.165, 1.54) is 34.2 Å². The molecule has 0 amide bonds. The number of ketones is 2. The maximum Gasteiger partial charge on any atom is 0.198 e. The first-order valence-electron chi connectivity index (χ1n) is 12.7. The lowest BCUT2D eigenvalue weighted by Crippen LogP contribution is -2.22. The predicted molar refractivity (Wildman–Crippen MR) is 154 cm³/mol.